The molecular weight excluding hydrogens is 384 g/mol. The summed E-state index contributed by atoms with van der Waals surface area (Å²) in [4.78, 5) is 13.8. The Morgan fingerprint density at radius 1 is 0.935 bits per heavy atom. The highest BCUT2D eigenvalue weighted by Gasteiger charge is 2.52. The van der Waals surface area contributed by atoms with Gasteiger partial charge in [-0.05, 0) is 54.2 Å². The molecule has 0 aliphatic carbocycles. The van der Waals surface area contributed by atoms with Gasteiger partial charge in [-0.15, -0.1) is 0 Å². The van der Waals surface area contributed by atoms with E-state index in [1.807, 2.05) is 35.3 Å². The quantitative estimate of drug-likeness (QED) is 0.686. The van der Waals surface area contributed by atoms with Crippen LogP contribution in [-0.4, -0.2) is 40.2 Å². The number of aliphatic hydroxyl groups excluding tert-OH is 1. The third-order valence-corrected chi connectivity index (χ3v) is 6.85. The van der Waals surface area contributed by atoms with Crippen molar-refractivity contribution in [2.75, 3.05) is 13.2 Å². The first-order valence-corrected chi connectivity index (χ1v) is 11.1. The molecule has 5 rings (SSSR count). The minimum atomic E-state index is -0.102. The van der Waals surface area contributed by atoms with Crippen LogP contribution < -0.4 is 0 Å². The predicted octanol–water partition coefficient (Wildman–Crippen LogP) is 4.50. The van der Waals surface area contributed by atoms with E-state index in [4.69, 9.17) is 0 Å². The number of fused-ring (bicyclic) bond motifs is 3. The van der Waals surface area contributed by atoms with Gasteiger partial charge in [0.15, 0.2) is 0 Å². The summed E-state index contributed by atoms with van der Waals surface area (Å²) in [5.41, 5.74) is 5.84. The zero-order valence-corrected chi connectivity index (χ0v) is 17.8. The first kappa shape index (κ1) is 20.0. The molecule has 3 aromatic rings. The van der Waals surface area contributed by atoms with Gasteiger partial charge in [0.1, 0.15) is 0 Å². The number of rotatable bonds is 4. The van der Waals surface area contributed by atoms with Gasteiger partial charge in [0.2, 0.25) is 0 Å². The maximum atomic E-state index is 13.8. The summed E-state index contributed by atoms with van der Waals surface area (Å²) in [5, 5.41) is 14.2. The summed E-state index contributed by atoms with van der Waals surface area (Å²) in [6.07, 6.45) is 1.46. The molecule has 3 unspecified atom stereocenters. The van der Waals surface area contributed by atoms with Gasteiger partial charge >= 0.3 is 0 Å². The first-order valence-electron chi connectivity index (χ1n) is 11.1. The number of hydrogen-bond acceptors (Lipinski definition) is 3. The Hall–Kier alpha value is -2.95. The van der Waals surface area contributed by atoms with Crippen molar-refractivity contribution in [3.8, 4) is 0 Å². The molecule has 0 aromatic heterocycles. The zero-order chi connectivity index (χ0) is 21.4. The van der Waals surface area contributed by atoms with Crippen LogP contribution in [0.1, 0.15) is 51.0 Å². The van der Waals surface area contributed by atoms with Gasteiger partial charge < -0.3 is 5.11 Å². The minimum absolute atomic E-state index is 0.0134. The fourth-order valence-electron chi connectivity index (χ4n) is 5.51. The van der Waals surface area contributed by atoms with Crippen LogP contribution in [0.3, 0.4) is 0 Å². The molecule has 4 nitrogen and oxygen atoms in total. The SMILES string of the molecule is Cc1ccccc1C1C2c3ccccc3CCN2N(C(=O)c2ccccc2)C1CCO. The van der Waals surface area contributed by atoms with Crippen molar-refractivity contribution < 1.29 is 9.90 Å². The largest absolute Gasteiger partial charge is 0.396 e. The summed E-state index contributed by atoms with van der Waals surface area (Å²) < 4.78 is 0. The van der Waals surface area contributed by atoms with Crippen molar-refractivity contribution in [2.45, 2.75) is 37.8 Å². The van der Waals surface area contributed by atoms with E-state index in [1.165, 1.54) is 22.3 Å². The fraction of sp³-hybridized carbons (Fsp3) is 0.296. The Balaban J connectivity index is 1.68. The lowest BCUT2D eigenvalue weighted by Crippen LogP contribution is -2.48. The molecule has 3 atom stereocenters. The summed E-state index contributed by atoms with van der Waals surface area (Å²) >= 11 is 0. The number of aliphatic hydroxyl groups is 1. The van der Waals surface area contributed by atoms with E-state index in [2.05, 4.69) is 60.5 Å². The molecule has 2 aliphatic rings. The zero-order valence-electron chi connectivity index (χ0n) is 17.8. The smallest absolute Gasteiger partial charge is 0.268 e. The Morgan fingerprint density at radius 2 is 1.61 bits per heavy atom. The van der Waals surface area contributed by atoms with E-state index in [0.29, 0.717) is 12.0 Å². The Labute approximate surface area is 183 Å². The number of aryl methyl sites for hydroxylation is 1. The van der Waals surface area contributed by atoms with Crippen LogP contribution in [0.4, 0.5) is 0 Å². The summed E-state index contributed by atoms with van der Waals surface area (Å²) in [5.74, 6) is 0.113. The van der Waals surface area contributed by atoms with Crippen molar-refractivity contribution in [3.05, 3.63) is 107 Å². The van der Waals surface area contributed by atoms with Crippen molar-refractivity contribution in [1.82, 2.24) is 10.0 Å². The predicted molar refractivity (Wildman–Crippen MR) is 122 cm³/mol. The van der Waals surface area contributed by atoms with Gasteiger partial charge in [-0.3, -0.25) is 9.80 Å². The minimum Gasteiger partial charge on any atom is -0.396 e. The number of nitrogens with zero attached hydrogens (tertiary/aromatic N) is 2. The maximum Gasteiger partial charge on any atom is 0.268 e. The van der Waals surface area contributed by atoms with Crippen LogP contribution in [0.5, 0.6) is 0 Å². The highest BCUT2D eigenvalue weighted by atomic mass is 16.3. The second-order valence-corrected chi connectivity index (χ2v) is 8.53. The molecule has 2 heterocycles. The van der Waals surface area contributed by atoms with E-state index in [9.17, 15) is 9.90 Å². The molecular formula is C27H28N2O2. The molecule has 1 amide bonds. The number of amides is 1. The molecule has 3 aromatic carbocycles. The first-order chi connectivity index (χ1) is 15.2. The number of carbonyl (C=O) groups is 1. The van der Waals surface area contributed by atoms with E-state index in [-0.39, 0.29) is 30.5 Å². The molecule has 1 saturated heterocycles. The summed E-state index contributed by atoms with van der Waals surface area (Å²) in [6, 6.07) is 26.6. The van der Waals surface area contributed by atoms with Gasteiger partial charge in [0, 0.05) is 24.6 Å². The molecule has 31 heavy (non-hydrogen) atoms. The standard InChI is InChI=1S/C27H28N2O2/c1-19-9-5-7-13-22(19)25-24(16-18-30)29(27(31)21-11-3-2-4-12-21)28-17-15-20-10-6-8-14-23(20)26(25)28/h2-14,24-26,30H,15-18H2,1H3. The topological polar surface area (TPSA) is 43.8 Å². The molecule has 158 valence electrons. The van der Waals surface area contributed by atoms with Crippen molar-refractivity contribution in [3.63, 3.8) is 0 Å². The number of hydrazine groups is 1. The normalized spacial score (nSPS) is 22.8. The average molecular weight is 413 g/mol. The Kier molecular flexibility index (Phi) is 5.34. The second kappa shape index (κ2) is 8.29. The van der Waals surface area contributed by atoms with Crippen molar-refractivity contribution >= 4 is 5.91 Å². The third-order valence-electron chi connectivity index (χ3n) is 6.85. The number of hydrogen-bond donors (Lipinski definition) is 1. The molecule has 4 heteroatoms. The molecule has 0 radical (unpaired) electrons. The third kappa shape index (κ3) is 3.36. The van der Waals surface area contributed by atoms with Crippen molar-refractivity contribution in [1.29, 1.82) is 0 Å². The van der Waals surface area contributed by atoms with E-state index in [0.717, 1.165) is 13.0 Å². The second-order valence-electron chi connectivity index (χ2n) is 8.53. The number of benzene rings is 3. The van der Waals surface area contributed by atoms with Gasteiger partial charge in [0.05, 0.1) is 12.1 Å². The van der Waals surface area contributed by atoms with Gasteiger partial charge in [-0.2, -0.15) is 0 Å². The molecule has 1 fully saturated rings. The lowest BCUT2D eigenvalue weighted by Gasteiger charge is -2.38. The van der Waals surface area contributed by atoms with Crippen molar-refractivity contribution in [2.24, 2.45) is 0 Å². The van der Waals surface area contributed by atoms with Gasteiger partial charge in [-0.1, -0.05) is 66.7 Å². The lowest BCUT2D eigenvalue weighted by molar-refractivity contribution is -0.0182. The van der Waals surface area contributed by atoms with E-state index < -0.39 is 0 Å². The van der Waals surface area contributed by atoms with Crippen LogP contribution in [0, 0.1) is 6.92 Å². The van der Waals surface area contributed by atoms with E-state index >= 15 is 0 Å². The lowest BCUT2D eigenvalue weighted by atomic mass is 9.78. The molecule has 0 bridgehead atoms. The van der Waals surface area contributed by atoms with Crippen LogP contribution in [0.25, 0.3) is 0 Å². The Morgan fingerprint density at radius 3 is 2.35 bits per heavy atom. The maximum absolute atomic E-state index is 13.8. The van der Waals surface area contributed by atoms with E-state index in [1.54, 1.807) is 0 Å². The molecule has 0 saturated carbocycles. The average Bonchev–Trinajstić information content (AvgIpc) is 3.14. The molecule has 0 spiro atoms. The Bertz CT molecular complexity index is 1080. The molecule has 1 N–H and O–H groups in total. The van der Waals surface area contributed by atoms with Crippen LogP contribution in [0.15, 0.2) is 78.9 Å². The monoisotopic (exact) mass is 412 g/mol. The number of carbonyl (C=O) groups excluding carboxylic acids is 1. The molecule has 2 aliphatic heterocycles. The van der Waals surface area contributed by atoms with Gasteiger partial charge in [-0.25, -0.2) is 5.01 Å². The van der Waals surface area contributed by atoms with Gasteiger partial charge in [0.25, 0.3) is 5.91 Å². The van der Waals surface area contributed by atoms with Crippen LogP contribution >= 0.6 is 0 Å². The summed E-state index contributed by atoms with van der Waals surface area (Å²) in [6.45, 7) is 2.99. The highest BCUT2D eigenvalue weighted by molar-refractivity contribution is 5.94. The fourth-order valence-corrected chi connectivity index (χ4v) is 5.51. The van der Waals surface area contributed by atoms with Crippen LogP contribution in [-0.2, 0) is 6.42 Å². The highest BCUT2D eigenvalue weighted by Crippen LogP contribution is 2.51. The van der Waals surface area contributed by atoms with Crippen LogP contribution in [0.2, 0.25) is 0 Å². The summed E-state index contributed by atoms with van der Waals surface area (Å²) in [7, 11) is 0.